The van der Waals surface area contributed by atoms with Gasteiger partial charge in [-0.15, -0.1) is 0 Å². The molecule has 0 amide bonds. The molecule has 1 saturated carbocycles. The molecule has 1 saturated heterocycles. The molecule has 2 fully saturated rings. The van der Waals surface area contributed by atoms with Crippen LogP contribution in [0.4, 0.5) is 0 Å². The van der Waals surface area contributed by atoms with Gasteiger partial charge >= 0.3 is 0 Å². The van der Waals surface area contributed by atoms with Gasteiger partial charge in [0.1, 0.15) is 0 Å². The Hall–Kier alpha value is -0.120. The van der Waals surface area contributed by atoms with E-state index in [1.807, 2.05) is 0 Å². The SMILES string of the molecule is CCNCC1(CN(CC(C)C)C2CC2)CCOC1. The minimum Gasteiger partial charge on any atom is -0.381 e. The fraction of sp³-hybridized carbons (Fsp3) is 1.00. The van der Waals surface area contributed by atoms with E-state index in [4.69, 9.17) is 4.74 Å². The highest BCUT2D eigenvalue weighted by Crippen LogP contribution is 2.35. The summed E-state index contributed by atoms with van der Waals surface area (Å²) >= 11 is 0. The zero-order chi connectivity index (χ0) is 13.0. The van der Waals surface area contributed by atoms with Gasteiger partial charge in [-0.1, -0.05) is 20.8 Å². The number of nitrogens with one attached hydrogen (secondary N) is 1. The molecule has 106 valence electrons. The molecule has 18 heavy (non-hydrogen) atoms. The molecule has 0 aromatic heterocycles. The van der Waals surface area contributed by atoms with E-state index in [1.165, 1.54) is 32.4 Å². The van der Waals surface area contributed by atoms with Crippen molar-refractivity contribution in [1.82, 2.24) is 10.2 Å². The van der Waals surface area contributed by atoms with E-state index in [-0.39, 0.29) is 0 Å². The molecular formula is C15H30N2O. The molecule has 1 unspecified atom stereocenters. The number of ether oxygens (including phenoxy) is 1. The van der Waals surface area contributed by atoms with Crippen LogP contribution in [-0.2, 0) is 4.74 Å². The minimum absolute atomic E-state index is 0.369. The number of rotatable bonds is 8. The first-order valence-electron chi connectivity index (χ1n) is 7.68. The van der Waals surface area contributed by atoms with Gasteiger partial charge in [-0.2, -0.15) is 0 Å². The molecule has 0 aromatic rings. The van der Waals surface area contributed by atoms with Gasteiger partial charge in [-0.05, 0) is 31.7 Å². The second-order valence-electron chi connectivity index (χ2n) is 6.64. The van der Waals surface area contributed by atoms with Crippen LogP contribution in [0.3, 0.4) is 0 Å². The fourth-order valence-corrected chi connectivity index (χ4v) is 3.04. The van der Waals surface area contributed by atoms with E-state index in [1.54, 1.807) is 0 Å². The Bertz CT molecular complexity index is 245. The summed E-state index contributed by atoms with van der Waals surface area (Å²) in [6.07, 6.45) is 4.04. The smallest absolute Gasteiger partial charge is 0.0547 e. The molecule has 0 bridgehead atoms. The molecular weight excluding hydrogens is 224 g/mol. The molecule has 2 aliphatic rings. The molecule has 0 radical (unpaired) electrons. The molecule has 0 spiro atoms. The van der Waals surface area contributed by atoms with Gasteiger partial charge in [-0.25, -0.2) is 0 Å². The van der Waals surface area contributed by atoms with Crippen LogP contribution in [0.15, 0.2) is 0 Å². The lowest BCUT2D eigenvalue weighted by Crippen LogP contribution is -2.46. The predicted molar refractivity (Wildman–Crippen MR) is 75.8 cm³/mol. The Morgan fingerprint density at radius 1 is 1.39 bits per heavy atom. The monoisotopic (exact) mass is 254 g/mol. The van der Waals surface area contributed by atoms with Crippen molar-refractivity contribution >= 4 is 0 Å². The summed E-state index contributed by atoms with van der Waals surface area (Å²) in [5, 5.41) is 3.54. The molecule has 2 rings (SSSR count). The Morgan fingerprint density at radius 2 is 2.17 bits per heavy atom. The summed E-state index contributed by atoms with van der Waals surface area (Å²) in [6.45, 7) is 13.4. The Balaban J connectivity index is 1.92. The highest BCUT2D eigenvalue weighted by atomic mass is 16.5. The van der Waals surface area contributed by atoms with Crippen molar-refractivity contribution in [2.24, 2.45) is 11.3 Å². The highest BCUT2D eigenvalue weighted by Gasteiger charge is 2.40. The van der Waals surface area contributed by atoms with Crippen molar-refractivity contribution in [2.75, 3.05) is 39.4 Å². The first kappa shape index (κ1) is 14.3. The number of hydrogen-bond acceptors (Lipinski definition) is 3. The summed E-state index contributed by atoms with van der Waals surface area (Å²) in [7, 11) is 0. The Morgan fingerprint density at radius 3 is 2.67 bits per heavy atom. The maximum atomic E-state index is 5.70. The maximum absolute atomic E-state index is 5.70. The van der Waals surface area contributed by atoms with E-state index in [9.17, 15) is 0 Å². The van der Waals surface area contributed by atoms with E-state index in [0.717, 1.165) is 38.3 Å². The first-order valence-corrected chi connectivity index (χ1v) is 7.68. The number of nitrogens with zero attached hydrogens (tertiary/aromatic N) is 1. The van der Waals surface area contributed by atoms with Crippen LogP contribution in [0.1, 0.15) is 40.0 Å². The second-order valence-corrected chi connectivity index (χ2v) is 6.64. The van der Waals surface area contributed by atoms with Gasteiger partial charge in [0.25, 0.3) is 0 Å². The average Bonchev–Trinajstić information content (AvgIpc) is 3.08. The standard InChI is InChI=1S/C15H30N2O/c1-4-16-10-15(7-8-18-12-15)11-17(9-13(2)3)14-5-6-14/h13-14,16H,4-12H2,1-3H3. The van der Waals surface area contributed by atoms with Gasteiger partial charge in [0.05, 0.1) is 6.61 Å². The Kier molecular flexibility index (Phi) is 5.05. The maximum Gasteiger partial charge on any atom is 0.0547 e. The van der Waals surface area contributed by atoms with Crippen molar-refractivity contribution in [3.63, 3.8) is 0 Å². The minimum atomic E-state index is 0.369. The largest absolute Gasteiger partial charge is 0.381 e. The zero-order valence-electron chi connectivity index (χ0n) is 12.4. The van der Waals surface area contributed by atoms with Crippen LogP contribution in [0.5, 0.6) is 0 Å². The van der Waals surface area contributed by atoms with Crippen LogP contribution in [-0.4, -0.2) is 50.3 Å². The molecule has 1 N–H and O–H groups in total. The average molecular weight is 254 g/mol. The third kappa shape index (κ3) is 3.94. The molecule has 1 heterocycles. The van der Waals surface area contributed by atoms with Crippen LogP contribution in [0.2, 0.25) is 0 Å². The van der Waals surface area contributed by atoms with E-state index in [2.05, 4.69) is 31.0 Å². The van der Waals surface area contributed by atoms with Crippen LogP contribution >= 0.6 is 0 Å². The van der Waals surface area contributed by atoms with Crippen molar-refractivity contribution in [1.29, 1.82) is 0 Å². The van der Waals surface area contributed by atoms with Crippen molar-refractivity contribution in [3.05, 3.63) is 0 Å². The Labute approximate surface area is 112 Å². The topological polar surface area (TPSA) is 24.5 Å². The molecule has 1 aliphatic heterocycles. The van der Waals surface area contributed by atoms with Gasteiger partial charge in [0.15, 0.2) is 0 Å². The molecule has 1 aliphatic carbocycles. The molecule has 3 nitrogen and oxygen atoms in total. The lowest BCUT2D eigenvalue weighted by Gasteiger charge is -2.35. The van der Waals surface area contributed by atoms with E-state index in [0.29, 0.717) is 5.41 Å². The first-order chi connectivity index (χ1) is 8.65. The third-order valence-electron chi connectivity index (χ3n) is 4.14. The zero-order valence-corrected chi connectivity index (χ0v) is 12.4. The van der Waals surface area contributed by atoms with E-state index >= 15 is 0 Å². The summed E-state index contributed by atoms with van der Waals surface area (Å²) in [6, 6.07) is 0.867. The lowest BCUT2D eigenvalue weighted by atomic mass is 9.86. The van der Waals surface area contributed by atoms with Crippen molar-refractivity contribution < 1.29 is 4.74 Å². The normalized spacial score (nSPS) is 28.5. The summed E-state index contributed by atoms with van der Waals surface area (Å²) in [5.41, 5.74) is 0.369. The van der Waals surface area contributed by atoms with Crippen molar-refractivity contribution in [2.45, 2.75) is 46.1 Å². The number of hydrogen-bond donors (Lipinski definition) is 1. The second kappa shape index (κ2) is 6.36. The molecule has 0 aromatic carbocycles. The van der Waals surface area contributed by atoms with Crippen LogP contribution in [0.25, 0.3) is 0 Å². The van der Waals surface area contributed by atoms with Gasteiger partial charge in [-0.3, -0.25) is 4.90 Å². The lowest BCUT2D eigenvalue weighted by molar-refractivity contribution is 0.0983. The summed E-state index contributed by atoms with van der Waals surface area (Å²) in [4.78, 5) is 2.73. The van der Waals surface area contributed by atoms with E-state index < -0.39 is 0 Å². The highest BCUT2D eigenvalue weighted by molar-refractivity contribution is 4.93. The summed E-state index contributed by atoms with van der Waals surface area (Å²) < 4.78 is 5.70. The molecule has 3 heteroatoms. The van der Waals surface area contributed by atoms with Crippen molar-refractivity contribution in [3.8, 4) is 0 Å². The van der Waals surface area contributed by atoms with Gasteiger partial charge in [0, 0.05) is 37.7 Å². The fourth-order valence-electron chi connectivity index (χ4n) is 3.04. The predicted octanol–water partition coefficient (Wildman–Crippen LogP) is 2.12. The molecule has 1 atom stereocenters. The van der Waals surface area contributed by atoms with Crippen LogP contribution in [0, 0.1) is 11.3 Å². The van der Waals surface area contributed by atoms with Gasteiger partial charge in [0.2, 0.25) is 0 Å². The third-order valence-corrected chi connectivity index (χ3v) is 4.14. The summed E-state index contributed by atoms with van der Waals surface area (Å²) in [5.74, 6) is 0.768. The quantitative estimate of drug-likeness (QED) is 0.718. The van der Waals surface area contributed by atoms with Gasteiger partial charge < -0.3 is 10.1 Å². The van der Waals surface area contributed by atoms with Crippen LogP contribution < -0.4 is 5.32 Å².